The quantitative estimate of drug-likeness (QED) is 0.881. The number of pyridine rings is 1. The number of hydrogen-bond donors (Lipinski definition) is 2. The Labute approximate surface area is 137 Å². The van der Waals surface area contributed by atoms with E-state index in [-0.39, 0.29) is 5.91 Å². The summed E-state index contributed by atoms with van der Waals surface area (Å²) in [5.41, 5.74) is 3.39. The average Bonchev–Trinajstić information content (AvgIpc) is 2.58. The highest BCUT2D eigenvalue weighted by atomic mass is 16.1. The monoisotopic (exact) mass is 309 g/mol. The molecule has 1 aliphatic rings. The molecule has 2 aromatic rings. The van der Waals surface area contributed by atoms with Gasteiger partial charge < -0.3 is 10.6 Å². The van der Waals surface area contributed by atoms with Crippen LogP contribution in [0.15, 0.2) is 42.7 Å². The fourth-order valence-electron chi connectivity index (χ4n) is 3.03. The predicted octanol–water partition coefficient (Wildman–Crippen LogP) is 4.39. The van der Waals surface area contributed by atoms with E-state index in [0.29, 0.717) is 11.6 Å². The summed E-state index contributed by atoms with van der Waals surface area (Å²) in [5, 5.41) is 6.46. The standard InChI is InChI=1S/C19H23N3O/c1-14-7-5-6-10-18(14)22-19(23)15-11-17(13-20-12-15)21-16-8-3-2-4-9-16/h5-7,10-13,16,21H,2-4,8-9H2,1H3,(H,22,23). The van der Waals surface area contributed by atoms with Crippen molar-refractivity contribution in [3.63, 3.8) is 0 Å². The van der Waals surface area contributed by atoms with Crippen LogP contribution in [0.1, 0.15) is 48.0 Å². The van der Waals surface area contributed by atoms with Gasteiger partial charge in [-0.1, -0.05) is 37.5 Å². The van der Waals surface area contributed by atoms with Crippen molar-refractivity contribution in [2.24, 2.45) is 0 Å². The predicted molar refractivity (Wildman–Crippen MR) is 93.9 cm³/mol. The van der Waals surface area contributed by atoms with Crippen molar-refractivity contribution in [2.75, 3.05) is 10.6 Å². The molecule has 1 amide bonds. The molecule has 0 bridgehead atoms. The number of rotatable bonds is 4. The molecule has 1 heterocycles. The lowest BCUT2D eigenvalue weighted by atomic mass is 9.95. The second kappa shape index (κ2) is 7.27. The maximum absolute atomic E-state index is 12.4. The number of carbonyl (C=O) groups excluding carboxylic acids is 1. The number of anilines is 2. The highest BCUT2D eigenvalue weighted by Crippen LogP contribution is 2.22. The first-order valence-corrected chi connectivity index (χ1v) is 8.31. The van der Waals surface area contributed by atoms with Gasteiger partial charge in [-0.3, -0.25) is 9.78 Å². The summed E-state index contributed by atoms with van der Waals surface area (Å²) < 4.78 is 0. The van der Waals surface area contributed by atoms with E-state index in [1.807, 2.05) is 37.3 Å². The molecular formula is C19H23N3O. The Morgan fingerprint density at radius 3 is 2.70 bits per heavy atom. The van der Waals surface area contributed by atoms with E-state index in [9.17, 15) is 4.79 Å². The summed E-state index contributed by atoms with van der Waals surface area (Å²) in [6, 6.07) is 10.2. The van der Waals surface area contributed by atoms with Crippen molar-refractivity contribution < 1.29 is 4.79 Å². The summed E-state index contributed by atoms with van der Waals surface area (Å²) in [7, 11) is 0. The third kappa shape index (κ3) is 4.09. The van der Waals surface area contributed by atoms with Crippen LogP contribution in [-0.4, -0.2) is 16.9 Å². The van der Waals surface area contributed by atoms with Gasteiger partial charge in [0.05, 0.1) is 11.3 Å². The van der Waals surface area contributed by atoms with Gasteiger partial charge in [-0.15, -0.1) is 0 Å². The third-order valence-corrected chi connectivity index (χ3v) is 4.37. The molecule has 1 aromatic heterocycles. The summed E-state index contributed by atoms with van der Waals surface area (Å²) in [4.78, 5) is 16.6. The zero-order chi connectivity index (χ0) is 16.1. The molecule has 1 fully saturated rings. The maximum Gasteiger partial charge on any atom is 0.257 e. The topological polar surface area (TPSA) is 54.0 Å². The minimum atomic E-state index is -0.126. The van der Waals surface area contributed by atoms with E-state index in [2.05, 4.69) is 15.6 Å². The van der Waals surface area contributed by atoms with Crippen LogP contribution in [0.4, 0.5) is 11.4 Å². The largest absolute Gasteiger partial charge is 0.381 e. The van der Waals surface area contributed by atoms with E-state index < -0.39 is 0 Å². The molecule has 1 saturated carbocycles. The summed E-state index contributed by atoms with van der Waals surface area (Å²) in [6.45, 7) is 1.98. The Balaban J connectivity index is 1.69. The van der Waals surface area contributed by atoms with Gasteiger partial charge in [-0.05, 0) is 37.5 Å². The number of nitrogens with one attached hydrogen (secondary N) is 2. The molecule has 2 N–H and O–H groups in total. The molecular weight excluding hydrogens is 286 g/mol. The van der Waals surface area contributed by atoms with E-state index >= 15 is 0 Å². The van der Waals surface area contributed by atoms with Crippen LogP contribution in [0.2, 0.25) is 0 Å². The fraction of sp³-hybridized carbons (Fsp3) is 0.368. The highest BCUT2D eigenvalue weighted by molar-refractivity contribution is 6.04. The normalized spacial score (nSPS) is 15.2. The van der Waals surface area contributed by atoms with Crippen LogP contribution in [0, 0.1) is 6.92 Å². The summed E-state index contributed by atoms with van der Waals surface area (Å²) in [5.74, 6) is -0.126. The first-order valence-electron chi connectivity index (χ1n) is 8.31. The van der Waals surface area contributed by atoms with Crippen molar-refractivity contribution in [2.45, 2.75) is 45.1 Å². The van der Waals surface area contributed by atoms with Crippen molar-refractivity contribution in [3.8, 4) is 0 Å². The van der Waals surface area contributed by atoms with Crippen LogP contribution in [0.25, 0.3) is 0 Å². The number of aryl methyl sites for hydroxylation is 1. The van der Waals surface area contributed by atoms with Crippen molar-refractivity contribution >= 4 is 17.3 Å². The second-order valence-electron chi connectivity index (χ2n) is 6.21. The lowest BCUT2D eigenvalue weighted by Gasteiger charge is -2.23. The van der Waals surface area contributed by atoms with Gasteiger partial charge >= 0.3 is 0 Å². The molecule has 0 unspecified atom stereocenters. The lowest BCUT2D eigenvalue weighted by Crippen LogP contribution is -2.22. The van der Waals surface area contributed by atoms with Gasteiger partial charge in [0.2, 0.25) is 0 Å². The smallest absolute Gasteiger partial charge is 0.257 e. The first-order chi connectivity index (χ1) is 11.2. The molecule has 0 atom stereocenters. The number of amides is 1. The van der Waals surface area contributed by atoms with E-state index in [1.165, 1.54) is 32.1 Å². The third-order valence-electron chi connectivity index (χ3n) is 4.37. The van der Waals surface area contributed by atoms with Gasteiger partial charge in [0.1, 0.15) is 0 Å². The number of aromatic nitrogens is 1. The van der Waals surface area contributed by atoms with Gasteiger partial charge in [-0.2, -0.15) is 0 Å². The molecule has 3 rings (SSSR count). The Morgan fingerprint density at radius 1 is 1.13 bits per heavy atom. The lowest BCUT2D eigenvalue weighted by molar-refractivity contribution is 0.102. The van der Waals surface area contributed by atoms with E-state index in [4.69, 9.17) is 0 Å². The second-order valence-corrected chi connectivity index (χ2v) is 6.21. The number of para-hydroxylation sites is 1. The molecule has 0 spiro atoms. The SMILES string of the molecule is Cc1ccccc1NC(=O)c1cncc(NC2CCCCC2)c1. The van der Waals surface area contributed by atoms with Gasteiger partial charge in [-0.25, -0.2) is 0 Å². The molecule has 120 valence electrons. The molecule has 0 radical (unpaired) electrons. The molecule has 23 heavy (non-hydrogen) atoms. The molecule has 4 heteroatoms. The Kier molecular flexibility index (Phi) is 4.91. The zero-order valence-electron chi connectivity index (χ0n) is 13.5. The highest BCUT2D eigenvalue weighted by Gasteiger charge is 2.14. The van der Waals surface area contributed by atoms with Gasteiger partial charge in [0.25, 0.3) is 5.91 Å². The molecule has 4 nitrogen and oxygen atoms in total. The van der Waals surface area contributed by atoms with Crippen molar-refractivity contribution in [1.29, 1.82) is 0 Å². The van der Waals surface area contributed by atoms with Crippen molar-refractivity contribution in [3.05, 3.63) is 53.9 Å². The Bertz CT molecular complexity index is 678. The Morgan fingerprint density at radius 2 is 1.91 bits per heavy atom. The minimum absolute atomic E-state index is 0.126. The number of hydrogen-bond acceptors (Lipinski definition) is 3. The summed E-state index contributed by atoms with van der Waals surface area (Å²) >= 11 is 0. The summed E-state index contributed by atoms with van der Waals surface area (Å²) in [6.07, 6.45) is 9.67. The van der Waals surface area contributed by atoms with Crippen LogP contribution in [0.3, 0.4) is 0 Å². The number of nitrogens with zero attached hydrogens (tertiary/aromatic N) is 1. The fourth-order valence-corrected chi connectivity index (χ4v) is 3.03. The first kappa shape index (κ1) is 15.5. The van der Waals surface area contributed by atoms with E-state index in [0.717, 1.165) is 16.9 Å². The average molecular weight is 309 g/mol. The molecule has 0 aliphatic heterocycles. The van der Waals surface area contributed by atoms with Crippen molar-refractivity contribution in [1.82, 2.24) is 4.98 Å². The minimum Gasteiger partial charge on any atom is -0.381 e. The van der Waals surface area contributed by atoms with Gasteiger partial charge in [0, 0.05) is 24.1 Å². The molecule has 1 aromatic carbocycles. The molecule has 1 aliphatic carbocycles. The maximum atomic E-state index is 12.4. The van der Waals surface area contributed by atoms with Crippen LogP contribution in [-0.2, 0) is 0 Å². The van der Waals surface area contributed by atoms with Gasteiger partial charge in [0.15, 0.2) is 0 Å². The number of benzene rings is 1. The van der Waals surface area contributed by atoms with Crippen LogP contribution >= 0.6 is 0 Å². The zero-order valence-corrected chi connectivity index (χ0v) is 13.5. The number of carbonyl (C=O) groups is 1. The van der Waals surface area contributed by atoms with E-state index in [1.54, 1.807) is 12.4 Å². The van der Waals surface area contributed by atoms with Crippen LogP contribution in [0.5, 0.6) is 0 Å². The van der Waals surface area contributed by atoms with Crippen LogP contribution < -0.4 is 10.6 Å². The molecule has 0 saturated heterocycles. The Hall–Kier alpha value is -2.36.